The zero-order valence-corrected chi connectivity index (χ0v) is 9.78. The molecule has 0 saturated carbocycles. The highest BCUT2D eigenvalue weighted by molar-refractivity contribution is 6.34. The lowest BCUT2D eigenvalue weighted by atomic mass is 10.2. The van der Waals surface area contributed by atoms with Crippen molar-refractivity contribution in [2.75, 3.05) is 6.61 Å². The first-order valence-electron chi connectivity index (χ1n) is 4.68. The zero-order chi connectivity index (χ0) is 13.9. The van der Waals surface area contributed by atoms with Crippen LogP contribution in [0.3, 0.4) is 0 Å². The summed E-state index contributed by atoms with van der Waals surface area (Å²) in [5.74, 6) is -1.04. The molecule has 0 radical (unpaired) electrons. The van der Waals surface area contributed by atoms with E-state index in [2.05, 4.69) is 9.72 Å². The zero-order valence-electron chi connectivity index (χ0n) is 9.02. The third kappa shape index (κ3) is 2.70. The number of hydrogen-bond donors (Lipinski definition) is 0. The number of ether oxygens (including phenoxy) is 1. The first-order valence-corrected chi connectivity index (χ1v) is 5.06. The smallest absolute Gasteiger partial charge is 0.346 e. The Kier molecular flexibility index (Phi) is 4.49. The van der Waals surface area contributed by atoms with Crippen molar-refractivity contribution in [2.45, 2.75) is 13.3 Å². The fraction of sp³-hybridized carbons (Fsp3) is 0.333. The van der Waals surface area contributed by atoms with Crippen molar-refractivity contribution < 1.29 is 23.2 Å². The van der Waals surface area contributed by atoms with Crippen molar-refractivity contribution in [1.29, 1.82) is 0 Å². The van der Waals surface area contributed by atoms with Gasteiger partial charge in [0.1, 0.15) is 10.7 Å². The van der Waals surface area contributed by atoms with Crippen LogP contribution in [0.15, 0.2) is 6.20 Å². The van der Waals surface area contributed by atoms with Gasteiger partial charge in [-0.1, -0.05) is 11.6 Å². The van der Waals surface area contributed by atoms with E-state index in [-0.39, 0.29) is 6.61 Å². The number of rotatable bonds is 4. The Morgan fingerprint density at radius 2 is 2.28 bits per heavy atom. The molecule has 0 aliphatic carbocycles. The van der Waals surface area contributed by atoms with Crippen molar-refractivity contribution in [3.05, 3.63) is 32.6 Å². The molecule has 0 N–H and O–H groups in total. The van der Waals surface area contributed by atoms with Crippen LogP contribution in [-0.2, 0) is 4.74 Å². The summed E-state index contributed by atoms with van der Waals surface area (Å²) in [7, 11) is 0. The van der Waals surface area contributed by atoms with Crippen LogP contribution in [-0.4, -0.2) is 22.5 Å². The van der Waals surface area contributed by atoms with Gasteiger partial charge < -0.3 is 4.74 Å². The van der Waals surface area contributed by atoms with Gasteiger partial charge in [0.2, 0.25) is 0 Å². The summed E-state index contributed by atoms with van der Waals surface area (Å²) >= 11 is 5.46. The maximum atomic E-state index is 12.5. The molecular weight excluding hydrogens is 274 g/mol. The number of pyridine rings is 1. The Hall–Kier alpha value is -1.83. The monoisotopic (exact) mass is 280 g/mol. The minimum absolute atomic E-state index is 0.0236. The quantitative estimate of drug-likeness (QED) is 0.481. The number of esters is 1. The highest BCUT2D eigenvalue weighted by Crippen LogP contribution is 2.35. The number of carbonyl (C=O) groups excluding carboxylic acids is 1. The molecule has 0 aliphatic heterocycles. The van der Waals surface area contributed by atoms with Gasteiger partial charge >= 0.3 is 11.7 Å². The summed E-state index contributed by atoms with van der Waals surface area (Å²) in [6, 6.07) is 0. The van der Waals surface area contributed by atoms with Crippen molar-refractivity contribution in [2.24, 2.45) is 0 Å². The highest BCUT2D eigenvalue weighted by atomic mass is 35.5. The van der Waals surface area contributed by atoms with Crippen LogP contribution in [0.4, 0.5) is 14.5 Å². The molecule has 1 aromatic heterocycles. The summed E-state index contributed by atoms with van der Waals surface area (Å²) in [5, 5.41) is 9.91. The Balaban J connectivity index is 3.41. The van der Waals surface area contributed by atoms with E-state index in [0.29, 0.717) is 6.20 Å². The Labute approximate surface area is 105 Å². The van der Waals surface area contributed by atoms with Crippen LogP contribution in [0.1, 0.15) is 29.4 Å². The summed E-state index contributed by atoms with van der Waals surface area (Å²) in [6.45, 7) is 1.47. The van der Waals surface area contributed by atoms with E-state index >= 15 is 0 Å². The number of nitro groups is 1. The van der Waals surface area contributed by atoms with E-state index < -0.39 is 39.3 Å². The summed E-state index contributed by atoms with van der Waals surface area (Å²) in [5.41, 5.74) is -2.44. The van der Waals surface area contributed by atoms with Gasteiger partial charge in [-0.05, 0) is 6.92 Å². The fourth-order valence-electron chi connectivity index (χ4n) is 1.18. The average Bonchev–Trinajstić information content (AvgIpc) is 2.27. The molecule has 0 fully saturated rings. The third-order valence-electron chi connectivity index (χ3n) is 1.91. The number of halogens is 3. The van der Waals surface area contributed by atoms with Crippen LogP contribution in [0, 0.1) is 10.1 Å². The van der Waals surface area contributed by atoms with E-state index in [4.69, 9.17) is 11.6 Å². The lowest BCUT2D eigenvalue weighted by Gasteiger charge is -2.06. The lowest BCUT2D eigenvalue weighted by Crippen LogP contribution is -2.10. The molecule has 0 spiro atoms. The molecule has 0 atom stereocenters. The van der Waals surface area contributed by atoms with E-state index in [1.54, 1.807) is 0 Å². The van der Waals surface area contributed by atoms with Crippen LogP contribution in [0.2, 0.25) is 5.02 Å². The summed E-state index contributed by atoms with van der Waals surface area (Å²) < 4.78 is 29.5. The molecule has 98 valence electrons. The number of alkyl halides is 2. The second-order valence-corrected chi connectivity index (χ2v) is 3.38. The molecule has 1 rings (SSSR count). The first kappa shape index (κ1) is 14.2. The number of nitrogens with zero attached hydrogens (tertiary/aromatic N) is 2. The Bertz CT molecular complexity index is 496. The fourth-order valence-corrected chi connectivity index (χ4v) is 1.48. The number of carbonyl (C=O) groups is 1. The number of hydrogen-bond acceptors (Lipinski definition) is 5. The van der Waals surface area contributed by atoms with Crippen LogP contribution >= 0.6 is 11.6 Å². The SMILES string of the molecule is CCOC(=O)c1cnc(C(F)F)c(Cl)c1[N+](=O)[O-]. The number of aromatic nitrogens is 1. The predicted octanol–water partition coefficient (Wildman–Crippen LogP) is 2.76. The molecule has 0 amide bonds. The normalized spacial score (nSPS) is 10.5. The molecule has 0 aromatic carbocycles. The van der Waals surface area contributed by atoms with Crippen molar-refractivity contribution in [3.63, 3.8) is 0 Å². The molecule has 6 nitrogen and oxygen atoms in total. The second-order valence-electron chi connectivity index (χ2n) is 3.00. The standard InChI is InChI=1S/C9H7ClF2N2O4/c1-2-18-9(15)4-3-13-6(8(11)12)5(10)7(4)14(16)17/h3,8H,2H2,1H3. The van der Waals surface area contributed by atoms with Gasteiger partial charge in [0.25, 0.3) is 6.43 Å². The van der Waals surface area contributed by atoms with Crippen molar-refractivity contribution in [3.8, 4) is 0 Å². The highest BCUT2D eigenvalue weighted by Gasteiger charge is 2.30. The van der Waals surface area contributed by atoms with Gasteiger partial charge in [-0.3, -0.25) is 15.1 Å². The molecule has 0 bridgehead atoms. The Morgan fingerprint density at radius 3 is 2.72 bits per heavy atom. The summed E-state index contributed by atoms with van der Waals surface area (Å²) in [4.78, 5) is 24.4. The van der Waals surface area contributed by atoms with Gasteiger partial charge in [-0.15, -0.1) is 0 Å². The Morgan fingerprint density at radius 1 is 1.67 bits per heavy atom. The van der Waals surface area contributed by atoms with Gasteiger partial charge in [0.15, 0.2) is 5.56 Å². The molecule has 0 saturated heterocycles. The van der Waals surface area contributed by atoms with E-state index in [1.807, 2.05) is 0 Å². The van der Waals surface area contributed by atoms with Crippen molar-refractivity contribution in [1.82, 2.24) is 4.98 Å². The minimum Gasteiger partial charge on any atom is -0.462 e. The molecule has 18 heavy (non-hydrogen) atoms. The molecular formula is C9H7ClF2N2O4. The van der Waals surface area contributed by atoms with Crippen molar-refractivity contribution >= 4 is 23.3 Å². The van der Waals surface area contributed by atoms with E-state index in [1.165, 1.54) is 6.92 Å². The topological polar surface area (TPSA) is 82.3 Å². The molecule has 0 aliphatic rings. The van der Waals surface area contributed by atoms with Gasteiger partial charge in [-0.2, -0.15) is 0 Å². The minimum atomic E-state index is -3.08. The van der Waals surface area contributed by atoms with Crippen LogP contribution < -0.4 is 0 Å². The molecule has 0 unspecified atom stereocenters. The van der Waals surface area contributed by atoms with E-state index in [9.17, 15) is 23.7 Å². The van der Waals surface area contributed by atoms with E-state index in [0.717, 1.165) is 0 Å². The van der Waals surface area contributed by atoms with Gasteiger partial charge in [0, 0.05) is 6.20 Å². The largest absolute Gasteiger partial charge is 0.462 e. The average molecular weight is 281 g/mol. The molecule has 1 heterocycles. The maximum Gasteiger partial charge on any atom is 0.346 e. The van der Waals surface area contributed by atoms with Crippen LogP contribution in [0.5, 0.6) is 0 Å². The lowest BCUT2D eigenvalue weighted by molar-refractivity contribution is -0.385. The first-order chi connectivity index (χ1) is 8.40. The molecule has 9 heteroatoms. The van der Waals surface area contributed by atoms with Crippen LogP contribution in [0.25, 0.3) is 0 Å². The summed E-state index contributed by atoms with van der Waals surface area (Å²) in [6.07, 6.45) is -2.42. The predicted molar refractivity (Wildman–Crippen MR) is 56.8 cm³/mol. The maximum absolute atomic E-state index is 12.5. The van der Waals surface area contributed by atoms with Gasteiger partial charge in [-0.25, -0.2) is 13.6 Å². The third-order valence-corrected chi connectivity index (χ3v) is 2.28. The second kappa shape index (κ2) is 5.67. The molecule has 1 aromatic rings. The van der Waals surface area contributed by atoms with Gasteiger partial charge in [0.05, 0.1) is 11.5 Å².